The van der Waals surface area contributed by atoms with Gasteiger partial charge in [-0.2, -0.15) is 0 Å². The van der Waals surface area contributed by atoms with Gasteiger partial charge in [0.2, 0.25) is 0 Å². The Morgan fingerprint density at radius 2 is 1.89 bits per heavy atom. The van der Waals surface area contributed by atoms with E-state index in [-0.39, 0.29) is 24.8 Å². The monoisotopic (exact) mass is 488 g/mol. The van der Waals surface area contributed by atoms with E-state index in [1.54, 1.807) is 6.92 Å². The Bertz CT molecular complexity index is 1400. The summed E-state index contributed by atoms with van der Waals surface area (Å²) < 4.78 is 6.58. The van der Waals surface area contributed by atoms with Crippen molar-refractivity contribution in [3.05, 3.63) is 87.0 Å². The molecule has 4 aromatic rings. The summed E-state index contributed by atoms with van der Waals surface area (Å²) in [5, 5.41) is 13.1. The molecule has 0 amide bonds. The lowest BCUT2D eigenvalue weighted by Crippen LogP contribution is -2.33. The van der Waals surface area contributed by atoms with Gasteiger partial charge in [0.25, 0.3) is 5.56 Å². The molecule has 9 nitrogen and oxygen atoms in total. The largest absolute Gasteiger partial charge is 0.465 e. The van der Waals surface area contributed by atoms with E-state index in [4.69, 9.17) is 4.74 Å². The SMILES string of the molecule is CCOC(=O)Cn1nnnc1[C@@H](CC)N(Cc1ccccc1)Cc1cc2ccc(C)c(C)c2[nH]c1=O. The third kappa shape index (κ3) is 5.52. The smallest absolute Gasteiger partial charge is 0.327 e. The van der Waals surface area contributed by atoms with Crippen LogP contribution in [0.25, 0.3) is 10.9 Å². The van der Waals surface area contributed by atoms with E-state index >= 15 is 0 Å². The molecule has 0 radical (unpaired) electrons. The van der Waals surface area contributed by atoms with Gasteiger partial charge in [-0.05, 0) is 65.8 Å². The third-order valence-electron chi connectivity index (χ3n) is 6.50. The molecular formula is C27H32N6O3. The summed E-state index contributed by atoms with van der Waals surface area (Å²) in [5.41, 5.74) is 4.71. The number of fused-ring (bicyclic) bond motifs is 1. The summed E-state index contributed by atoms with van der Waals surface area (Å²) in [6, 6.07) is 15.9. The Labute approximate surface area is 210 Å². The van der Waals surface area contributed by atoms with Crippen molar-refractivity contribution in [3.63, 3.8) is 0 Å². The molecule has 36 heavy (non-hydrogen) atoms. The number of esters is 1. The minimum Gasteiger partial charge on any atom is -0.465 e. The molecule has 188 valence electrons. The van der Waals surface area contributed by atoms with Crippen molar-refractivity contribution in [2.24, 2.45) is 0 Å². The fourth-order valence-corrected chi connectivity index (χ4v) is 4.50. The van der Waals surface area contributed by atoms with Crippen LogP contribution in [0, 0.1) is 13.8 Å². The van der Waals surface area contributed by atoms with Crippen LogP contribution in [0.4, 0.5) is 0 Å². The van der Waals surface area contributed by atoms with Gasteiger partial charge in [0.15, 0.2) is 5.82 Å². The van der Waals surface area contributed by atoms with Gasteiger partial charge in [0.1, 0.15) is 6.54 Å². The zero-order valence-electron chi connectivity index (χ0n) is 21.2. The van der Waals surface area contributed by atoms with Crippen LogP contribution >= 0.6 is 0 Å². The second-order valence-electron chi connectivity index (χ2n) is 8.91. The maximum atomic E-state index is 13.2. The molecule has 2 aromatic carbocycles. The van der Waals surface area contributed by atoms with Gasteiger partial charge < -0.3 is 9.72 Å². The van der Waals surface area contributed by atoms with Crippen molar-refractivity contribution < 1.29 is 9.53 Å². The normalized spacial score (nSPS) is 12.2. The first-order valence-electron chi connectivity index (χ1n) is 12.2. The van der Waals surface area contributed by atoms with E-state index in [2.05, 4.69) is 43.6 Å². The molecule has 1 N–H and O–H groups in total. The molecule has 2 heterocycles. The van der Waals surface area contributed by atoms with Crippen molar-refractivity contribution in [2.75, 3.05) is 6.61 Å². The van der Waals surface area contributed by atoms with Crippen molar-refractivity contribution in [3.8, 4) is 0 Å². The molecule has 0 saturated heterocycles. The summed E-state index contributed by atoms with van der Waals surface area (Å²) in [4.78, 5) is 30.6. The number of ether oxygens (including phenoxy) is 1. The average Bonchev–Trinajstić information content (AvgIpc) is 3.31. The second-order valence-corrected chi connectivity index (χ2v) is 8.91. The van der Waals surface area contributed by atoms with Crippen LogP contribution in [0.2, 0.25) is 0 Å². The number of nitrogens with one attached hydrogen (secondary N) is 1. The molecule has 0 saturated carbocycles. The van der Waals surface area contributed by atoms with Crippen molar-refractivity contribution in [1.29, 1.82) is 0 Å². The maximum absolute atomic E-state index is 13.2. The minimum atomic E-state index is -0.396. The summed E-state index contributed by atoms with van der Waals surface area (Å²) in [5.74, 6) is 0.164. The summed E-state index contributed by atoms with van der Waals surface area (Å²) >= 11 is 0. The number of aryl methyl sites for hydroxylation is 2. The maximum Gasteiger partial charge on any atom is 0.327 e. The number of benzene rings is 2. The van der Waals surface area contributed by atoms with Crippen LogP contribution in [0.1, 0.15) is 54.4 Å². The van der Waals surface area contributed by atoms with Crippen LogP contribution < -0.4 is 5.56 Å². The van der Waals surface area contributed by atoms with E-state index < -0.39 is 5.97 Å². The number of H-pyrrole nitrogens is 1. The summed E-state index contributed by atoms with van der Waals surface area (Å²) in [7, 11) is 0. The first-order valence-corrected chi connectivity index (χ1v) is 12.2. The molecule has 0 aliphatic rings. The molecule has 0 fully saturated rings. The molecule has 0 spiro atoms. The molecule has 2 aromatic heterocycles. The fourth-order valence-electron chi connectivity index (χ4n) is 4.50. The standard InChI is InChI=1S/C27H32N6O3/c1-5-23(26-29-30-31-33(26)17-24(34)36-6-2)32(15-20-10-8-7-9-11-20)16-22-14-21-13-12-18(3)19(4)25(21)28-27(22)35/h7-14,23H,5-6,15-17H2,1-4H3,(H,28,35)/t23-/m1/s1. The van der Waals surface area contributed by atoms with E-state index in [9.17, 15) is 9.59 Å². The highest BCUT2D eigenvalue weighted by atomic mass is 16.5. The second kappa shape index (κ2) is 11.3. The van der Waals surface area contributed by atoms with Crippen LogP contribution in [-0.4, -0.2) is 42.7 Å². The van der Waals surface area contributed by atoms with Gasteiger partial charge in [-0.25, -0.2) is 4.68 Å². The van der Waals surface area contributed by atoms with Gasteiger partial charge in [-0.15, -0.1) is 5.10 Å². The predicted molar refractivity (Wildman–Crippen MR) is 137 cm³/mol. The first-order chi connectivity index (χ1) is 17.4. The number of carbonyl (C=O) groups excluding carboxylic acids is 1. The first kappa shape index (κ1) is 25.2. The van der Waals surface area contributed by atoms with Crippen molar-refractivity contribution >= 4 is 16.9 Å². The van der Waals surface area contributed by atoms with E-state index in [0.29, 0.717) is 30.9 Å². The lowest BCUT2D eigenvalue weighted by Gasteiger charge is -2.30. The third-order valence-corrected chi connectivity index (χ3v) is 6.50. The quantitative estimate of drug-likeness (QED) is 0.338. The van der Waals surface area contributed by atoms with Gasteiger partial charge in [-0.3, -0.25) is 14.5 Å². The highest BCUT2D eigenvalue weighted by molar-refractivity contribution is 5.83. The number of aromatic nitrogens is 5. The molecule has 0 aliphatic carbocycles. The summed E-state index contributed by atoms with van der Waals surface area (Å²) in [6.45, 7) is 9.05. The number of hydrogen-bond donors (Lipinski definition) is 1. The van der Waals surface area contributed by atoms with Crippen molar-refractivity contribution in [2.45, 2.75) is 59.8 Å². The lowest BCUT2D eigenvalue weighted by atomic mass is 10.0. The average molecular weight is 489 g/mol. The van der Waals surface area contributed by atoms with Gasteiger partial charge >= 0.3 is 5.97 Å². The van der Waals surface area contributed by atoms with Gasteiger partial charge in [0.05, 0.1) is 18.2 Å². The van der Waals surface area contributed by atoms with E-state index in [0.717, 1.165) is 27.6 Å². The Morgan fingerprint density at radius 3 is 2.61 bits per heavy atom. The fraction of sp³-hybridized carbons (Fsp3) is 0.370. The van der Waals surface area contributed by atoms with Crippen LogP contribution in [0.3, 0.4) is 0 Å². The number of tetrazole rings is 1. The molecule has 0 bridgehead atoms. The molecule has 4 rings (SSSR count). The minimum absolute atomic E-state index is 0.0684. The zero-order valence-corrected chi connectivity index (χ0v) is 21.2. The van der Waals surface area contributed by atoms with Gasteiger partial charge in [-0.1, -0.05) is 49.4 Å². The van der Waals surface area contributed by atoms with E-state index in [1.807, 2.05) is 51.1 Å². The Balaban J connectivity index is 1.72. The number of carbonyl (C=O) groups is 1. The topological polar surface area (TPSA) is 106 Å². The highest BCUT2D eigenvalue weighted by Crippen LogP contribution is 2.27. The van der Waals surface area contributed by atoms with Crippen LogP contribution in [-0.2, 0) is 29.2 Å². The van der Waals surface area contributed by atoms with Crippen LogP contribution in [0.5, 0.6) is 0 Å². The van der Waals surface area contributed by atoms with Gasteiger partial charge in [0, 0.05) is 18.7 Å². The van der Waals surface area contributed by atoms with E-state index in [1.165, 1.54) is 4.68 Å². The zero-order chi connectivity index (χ0) is 25.7. The Morgan fingerprint density at radius 1 is 1.11 bits per heavy atom. The Kier molecular flexibility index (Phi) is 7.90. The number of pyridine rings is 1. The summed E-state index contributed by atoms with van der Waals surface area (Å²) in [6.07, 6.45) is 0.680. The number of rotatable bonds is 10. The number of nitrogens with zero attached hydrogens (tertiary/aromatic N) is 5. The van der Waals surface area contributed by atoms with Crippen LogP contribution in [0.15, 0.2) is 53.3 Å². The molecule has 9 heteroatoms. The van der Waals surface area contributed by atoms with Crippen molar-refractivity contribution in [1.82, 2.24) is 30.1 Å². The lowest BCUT2D eigenvalue weighted by molar-refractivity contribution is -0.144. The number of aromatic amines is 1. The Hall–Kier alpha value is -3.85. The molecule has 1 atom stereocenters. The molecular weight excluding hydrogens is 456 g/mol. The predicted octanol–water partition coefficient (Wildman–Crippen LogP) is 3.85. The molecule has 0 aliphatic heterocycles. The molecule has 0 unspecified atom stereocenters. The highest BCUT2D eigenvalue weighted by Gasteiger charge is 2.27. The number of hydrogen-bond acceptors (Lipinski definition) is 7.